The minimum absolute atomic E-state index is 0.0456. The van der Waals surface area contributed by atoms with E-state index >= 15 is 0 Å². The maximum atomic E-state index is 13.0. The van der Waals surface area contributed by atoms with Crippen LogP contribution in [-0.2, 0) is 20.6 Å². The Morgan fingerprint density at radius 3 is 2.33 bits per heavy atom. The molecule has 176 valence electrons. The van der Waals surface area contributed by atoms with Crippen molar-refractivity contribution in [3.8, 4) is 11.5 Å². The molecule has 1 heterocycles. The smallest absolute Gasteiger partial charge is 0.262 e. The zero-order chi connectivity index (χ0) is 24.1. The molecule has 0 saturated heterocycles. The van der Waals surface area contributed by atoms with Crippen molar-refractivity contribution in [3.05, 3.63) is 71.2 Å². The van der Waals surface area contributed by atoms with Gasteiger partial charge in [0.25, 0.3) is 5.91 Å². The van der Waals surface area contributed by atoms with E-state index in [-0.39, 0.29) is 4.90 Å². The van der Waals surface area contributed by atoms with Crippen LogP contribution in [0.5, 0.6) is 11.5 Å². The third-order valence-corrected chi connectivity index (χ3v) is 8.08. The van der Waals surface area contributed by atoms with Gasteiger partial charge in [-0.2, -0.15) is 4.72 Å². The Bertz CT molecular complexity index is 1170. The van der Waals surface area contributed by atoms with E-state index in [9.17, 15) is 18.4 Å². The zero-order valence-corrected chi connectivity index (χ0v) is 21.0. The number of hydroxylamine groups is 1. The van der Waals surface area contributed by atoms with Crippen LogP contribution in [0.3, 0.4) is 0 Å². The monoisotopic (exact) mass is 554 g/mol. The molecule has 0 spiro atoms. The molecule has 0 bridgehead atoms. The number of nitrogens with one attached hydrogen (secondary N) is 3. The quantitative estimate of drug-likeness (QED) is 0.221. The number of aromatic amines is 1. The molecule has 3 aromatic rings. The summed E-state index contributed by atoms with van der Waals surface area (Å²) in [7, 11) is -4.08. The molecule has 3 rings (SSSR count). The van der Waals surface area contributed by atoms with Crippen LogP contribution < -0.4 is 14.9 Å². The van der Waals surface area contributed by atoms with E-state index in [0.29, 0.717) is 17.3 Å². The SMILES string of the molecule is CC(C)(SCc1cnc[nH]1)[C@H](NS(=O)(=O)c1ccc(Oc2ccc(Br)cc2)cc1)C(=O)NO. The molecule has 1 amide bonds. The molecule has 1 aromatic heterocycles. The van der Waals surface area contributed by atoms with E-state index in [1.54, 1.807) is 37.7 Å². The Balaban J connectivity index is 1.74. The largest absolute Gasteiger partial charge is 0.457 e. The zero-order valence-electron chi connectivity index (χ0n) is 17.8. The molecule has 1 atom stereocenters. The predicted octanol–water partition coefficient (Wildman–Crippen LogP) is 3.83. The average molecular weight is 555 g/mol. The van der Waals surface area contributed by atoms with Crippen molar-refractivity contribution in [1.29, 1.82) is 0 Å². The van der Waals surface area contributed by atoms with Crippen molar-refractivity contribution in [2.24, 2.45) is 0 Å². The molecule has 2 aromatic carbocycles. The molecule has 0 unspecified atom stereocenters. The van der Waals surface area contributed by atoms with Gasteiger partial charge in [-0.1, -0.05) is 15.9 Å². The number of amides is 1. The fraction of sp³-hybridized carbons (Fsp3) is 0.238. The van der Waals surface area contributed by atoms with Crippen LogP contribution >= 0.6 is 27.7 Å². The number of carbonyl (C=O) groups excluding carboxylic acids is 1. The van der Waals surface area contributed by atoms with E-state index in [1.807, 2.05) is 12.1 Å². The minimum atomic E-state index is -4.08. The highest BCUT2D eigenvalue weighted by atomic mass is 79.9. The molecule has 0 aliphatic heterocycles. The fourth-order valence-corrected chi connectivity index (χ4v) is 5.53. The first-order chi connectivity index (χ1) is 15.6. The highest BCUT2D eigenvalue weighted by Crippen LogP contribution is 2.32. The number of carbonyl (C=O) groups is 1. The third-order valence-electron chi connectivity index (χ3n) is 4.68. The molecule has 0 saturated carbocycles. The molecule has 4 N–H and O–H groups in total. The van der Waals surface area contributed by atoms with Crippen LogP contribution in [0, 0.1) is 0 Å². The van der Waals surface area contributed by atoms with Crippen molar-refractivity contribution in [3.63, 3.8) is 0 Å². The lowest BCUT2D eigenvalue weighted by atomic mass is 10.0. The van der Waals surface area contributed by atoms with E-state index in [1.165, 1.54) is 42.4 Å². The highest BCUT2D eigenvalue weighted by molar-refractivity contribution is 9.10. The Labute approximate surface area is 204 Å². The van der Waals surface area contributed by atoms with Crippen LogP contribution in [0.4, 0.5) is 0 Å². The van der Waals surface area contributed by atoms with Crippen molar-refractivity contribution >= 4 is 43.6 Å². The number of imidazole rings is 1. The number of hydrogen-bond donors (Lipinski definition) is 4. The van der Waals surface area contributed by atoms with Crippen LogP contribution in [0.1, 0.15) is 19.5 Å². The summed E-state index contributed by atoms with van der Waals surface area (Å²) in [5.41, 5.74) is 2.38. The van der Waals surface area contributed by atoms with Crippen LogP contribution in [-0.4, -0.2) is 40.3 Å². The van der Waals surface area contributed by atoms with Gasteiger partial charge in [-0.25, -0.2) is 18.9 Å². The first-order valence-corrected chi connectivity index (χ1v) is 13.0. The summed E-state index contributed by atoms with van der Waals surface area (Å²) < 4.78 is 34.1. The second-order valence-corrected chi connectivity index (χ2v) is 11.8. The van der Waals surface area contributed by atoms with Crippen molar-refractivity contribution < 1.29 is 23.2 Å². The number of ether oxygens (including phenoxy) is 1. The number of nitrogens with zero attached hydrogens (tertiary/aromatic N) is 1. The van der Waals surface area contributed by atoms with Gasteiger partial charge in [-0.05, 0) is 62.4 Å². The van der Waals surface area contributed by atoms with E-state index < -0.39 is 26.7 Å². The van der Waals surface area contributed by atoms with Crippen LogP contribution in [0.25, 0.3) is 0 Å². The molecule has 0 aliphatic rings. The molecule has 9 nitrogen and oxygen atoms in total. The number of H-pyrrole nitrogens is 1. The predicted molar refractivity (Wildman–Crippen MR) is 129 cm³/mol. The number of sulfonamides is 1. The molecule has 0 radical (unpaired) electrons. The van der Waals surface area contributed by atoms with Gasteiger partial charge >= 0.3 is 0 Å². The van der Waals surface area contributed by atoms with E-state index in [4.69, 9.17) is 4.74 Å². The lowest BCUT2D eigenvalue weighted by Crippen LogP contribution is -2.55. The molecule has 0 fully saturated rings. The second-order valence-electron chi connectivity index (χ2n) is 7.53. The van der Waals surface area contributed by atoms with Gasteiger partial charge < -0.3 is 9.72 Å². The second kappa shape index (κ2) is 10.7. The van der Waals surface area contributed by atoms with Gasteiger partial charge in [0.05, 0.1) is 11.2 Å². The Morgan fingerprint density at radius 1 is 1.18 bits per heavy atom. The van der Waals surface area contributed by atoms with Crippen molar-refractivity contribution in [2.45, 2.75) is 35.3 Å². The Kier molecular flexibility index (Phi) is 8.19. The number of hydrogen-bond acceptors (Lipinski definition) is 7. The van der Waals surface area contributed by atoms with Gasteiger partial charge in [0.15, 0.2) is 0 Å². The third kappa shape index (κ3) is 6.81. The molecular weight excluding hydrogens is 532 g/mol. The number of aromatic nitrogens is 2. The Hall–Kier alpha value is -2.38. The molecule has 12 heteroatoms. The number of benzene rings is 2. The first-order valence-electron chi connectivity index (χ1n) is 9.72. The molecular formula is C21H23BrN4O5S2. The minimum Gasteiger partial charge on any atom is -0.457 e. The number of rotatable bonds is 10. The summed E-state index contributed by atoms with van der Waals surface area (Å²) in [4.78, 5) is 19.2. The van der Waals surface area contributed by atoms with Gasteiger partial charge in [-0.3, -0.25) is 10.0 Å². The summed E-state index contributed by atoms with van der Waals surface area (Å²) in [5, 5.41) is 9.20. The lowest BCUT2D eigenvalue weighted by molar-refractivity contribution is -0.131. The van der Waals surface area contributed by atoms with Gasteiger partial charge in [-0.15, -0.1) is 11.8 Å². The van der Waals surface area contributed by atoms with E-state index in [2.05, 4.69) is 30.6 Å². The fourth-order valence-electron chi connectivity index (χ4n) is 2.84. The lowest BCUT2D eigenvalue weighted by Gasteiger charge is -2.32. The average Bonchev–Trinajstić information content (AvgIpc) is 3.31. The van der Waals surface area contributed by atoms with Gasteiger partial charge in [0.1, 0.15) is 17.5 Å². The van der Waals surface area contributed by atoms with Gasteiger partial charge in [0.2, 0.25) is 10.0 Å². The van der Waals surface area contributed by atoms with Crippen LogP contribution in [0.15, 0.2) is 70.4 Å². The van der Waals surface area contributed by atoms with E-state index in [0.717, 1.165) is 10.2 Å². The topological polar surface area (TPSA) is 133 Å². The summed E-state index contributed by atoms with van der Waals surface area (Å²) >= 11 is 4.69. The summed E-state index contributed by atoms with van der Waals surface area (Å²) in [6, 6.07) is 11.8. The number of thioether (sulfide) groups is 1. The van der Waals surface area contributed by atoms with Gasteiger partial charge in [0, 0.05) is 26.9 Å². The first kappa shape index (κ1) is 25.2. The standard InChI is InChI=1S/C21H23BrN4O5S2/c1-21(2,32-12-15-11-23-13-24-15)19(20(27)25-28)26-33(29,30)18-9-7-17(8-10-18)31-16-5-3-14(22)4-6-16/h3-11,13,19,26,28H,12H2,1-2H3,(H,23,24)(H,25,27)/t19-/m1/s1. The normalized spacial score (nSPS) is 12.8. The van der Waals surface area contributed by atoms with Crippen molar-refractivity contribution in [1.82, 2.24) is 20.2 Å². The highest BCUT2D eigenvalue weighted by Gasteiger charge is 2.39. The van der Waals surface area contributed by atoms with Crippen LogP contribution in [0.2, 0.25) is 0 Å². The maximum Gasteiger partial charge on any atom is 0.262 e. The summed E-state index contributed by atoms with van der Waals surface area (Å²) in [6.07, 6.45) is 3.18. The summed E-state index contributed by atoms with van der Waals surface area (Å²) in [5.74, 6) is 0.654. The summed E-state index contributed by atoms with van der Waals surface area (Å²) in [6.45, 7) is 3.43. The van der Waals surface area contributed by atoms with Crippen molar-refractivity contribution in [2.75, 3.05) is 0 Å². The maximum absolute atomic E-state index is 13.0. The molecule has 0 aliphatic carbocycles. The molecule has 33 heavy (non-hydrogen) atoms. The Morgan fingerprint density at radius 2 is 1.79 bits per heavy atom. The number of halogens is 1.